The second kappa shape index (κ2) is 9.47. The molecule has 0 aromatic heterocycles. The van der Waals surface area contributed by atoms with Crippen LogP contribution in [0.5, 0.6) is 0 Å². The zero-order valence-corrected chi connectivity index (χ0v) is 18.8. The number of hydrogen-bond acceptors (Lipinski definition) is 2. The van der Waals surface area contributed by atoms with Gasteiger partial charge in [0.05, 0.1) is 0 Å². The van der Waals surface area contributed by atoms with Gasteiger partial charge in [0.1, 0.15) is 0 Å². The Balaban J connectivity index is 0.00000261. The van der Waals surface area contributed by atoms with Crippen LogP contribution in [0.4, 0.5) is 5.69 Å². The molecule has 1 atom stereocenters. The molecule has 2 nitrogen and oxygen atoms in total. The molecule has 0 spiro atoms. The molecule has 1 aromatic carbocycles. The van der Waals surface area contributed by atoms with Crippen LogP contribution in [0, 0.1) is 17.3 Å². The Hall–Kier alpha value is -0.990. The monoisotopic (exact) mass is 390 g/mol. The molecule has 1 saturated heterocycles. The SMILES string of the molecule is CC(C)CN1CCN(c2ccccc2C2=CCC(C(C)(C)C)CC2)CC1.Cl. The van der Waals surface area contributed by atoms with Gasteiger partial charge in [0.25, 0.3) is 0 Å². The lowest BCUT2D eigenvalue weighted by Gasteiger charge is -2.38. The maximum Gasteiger partial charge on any atom is 0.0443 e. The third-order valence-corrected chi connectivity index (χ3v) is 6.22. The summed E-state index contributed by atoms with van der Waals surface area (Å²) in [7, 11) is 0. The van der Waals surface area contributed by atoms with E-state index in [9.17, 15) is 0 Å². The van der Waals surface area contributed by atoms with Gasteiger partial charge in [0.15, 0.2) is 0 Å². The van der Waals surface area contributed by atoms with Crippen molar-refractivity contribution in [3.05, 3.63) is 35.9 Å². The van der Waals surface area contributed by atoms with Crippen molar-refractivity contribution in [1.82, 2.24) is 4.90 Å². The van der Waals surface area contributed by atoms with Gasteiger partial charge in [-0.05, 0) is 48.2 Å². The summed E-state index contributed by atoms with van der Waals surface area (Å²) in [6.45, 7) is 17.7. The molecule has 1 fully saturated rings. The summed E-state index contributed by atoms with van der Waals surface area (Å²) in [6.07, 6.45) is 6.32. The van der Waals surface area contributed by atoms with E-state index in [-0.39, 0.29) is 12.4 Å². The van der Waals surface area contributed by atoms with Crippen LogP contribution in [-0.4, -0.2) is 37.6 Å². The predicted molar refractivity (Wildman–Crippen MR) is 122 cm³/mol. The molecule has 0 N–H and O–H groups in total. The highest BCUT2D eigenvalue weighted by molar-refractivity contribution is 5.85. The summed E-state index contributed by atoms with van der Waals surface area (Å²) in [4.78, 5) is 5.24. The van der Waals surface area contributed by atoms with Gasteiger partial charge >= 0.3 is 0 Å². The zero-order valence-electron chi connectivity index (χ0n) is 18.0. The van der Waals surface area contributed by atoms with Gasteiger partial charge in [0, 0.05) is 44.0 Å². The molecule has 3 heteroatoms. The first-order valence-corrected chi connectivity index (χ1v) is 10.6. The van der Waals surface area contributed by atoms with Crippen LogP contribution < -0.4 is 4.90 Å². The third-order valence-electron chi connectivity index (χ3n) is 6.22. The molecule has 3 rings (SSSR count). The number of benzene rings is 1. The van der Waals surface area contributed by atoms with Crippen LogP contribution in [0.1, 0.15) is 59.4 Å². The van der Waals surface area contributed by atoms with Gasteiger partial charge in [-0.2, -0.15) is 0 Å². The van der Waals surface area contributed by atoms with E-state index in [0.29, 0.717) is 5.41 Å². The summed E-state index contributed by atoms with van der Waals surface area (Å²) in [5, 5.41) is 0. The zero-order chi connectivity index (χ0) is 18.7. The van der Waals surface area contributed by atoms with Gasteiger partial charge in [0.2, 0.25) is 0 Å². The molecule has 1 aliphatic heterocycles. The topological polar surface area (TPSA) is 6.48 Å². The second-order valence-electron chi connectivity index (χ2n) is 9.77. The van der Waals surface area contributed by atoms with Gasteiger partial charge in [-0.25, -0.2) is 0 Å². The minimum absolute atomic E-state index is 0. The average molecular weight is 391 g/mol. The highest BCUT2D eigenvalue weighted by Gasteiger charge is 2.27. The maximum atomic E-state index is 2.62. The van der Waals surface area contributed by atoms with Crippen molar-refractivity contribution in [1.29, 1.82) is 0 Å². The van der Waals surface area contributed by atoms with E-state index in [2.05, 4.69) is 74.8 Å². The predicted octanol–water partition coefficient (Wildman–Crippen LogP) is 6.12. The Morgan fingerprint density at radius 2 is 1.70 bits per heavy atom. The molecule has 2 aliphatic rings. The van der Waals surface area contributed by atoms with Gasteiger partial charge in [-0.15, -0.1) is 12.4 Å². The number of halogens is 1. The molecule has 0 radical (unpaired) electrons. The minimum atomic E-state index is 0. The molecule has 1 aromatic rings. The van der Waals surface area contributed by atoms with Crippen molar-refractivity contribution >= 4 is 23.7 Å². The van der Waals surface area contributed by atoms with Crippen molar-refractivity contribution in [2.45, 2.75) is 53.9 Å². The van der Waals surface area contributed by atoms with Crippen LogP contribution in [-0.2, 0) is 0 Å². The van der Waals surface area contributed by atoms with Gasteiger partial charge < -0.3 is 4.90 Å². The van der Waals surface area contributed by atoms with E-state index in [1.165, 1.54) is 50.1 Å². The van der Waals surface area contributed by atoms with E-state index < -0.39 is 0 Å². The number of allylic oxidation sites excluding steroid dienone is 2. The number of rotatable bonds is 4. The molecule has 1 unspecified atom stereocenters. The largest absolute Gasteiger partial charge is 0.368 e. The highest BCUT2D eigenvalue weighted by Crippen LogP contribution is 2.41. The van der Waals surface area contributed by atoms with Gasteiger partial charge in [-0.3, -0.25) is 4.90 Å². The highest BCUT2D eigenvalue weighted by atomic mass is 35.5. The summed E-state index contributed by atoms with van der Waals surface area (Å²) in [5.41, 5.74) is 4.94. The molecule has 27 heavy (non-hydrogen) atoms. The molecule has 1 heterocycles. The first kappa shape index (κ1) is 22.3. The van der Waals surface area contributed by atoms with Crippen LogP contribution >= 0.6 is 12.4 Å². The molecular weight excluding hydrogens is 352 g/mol. The summed E-state index contributed by atoms with van der Waals surface area (Å²) in [6, 6.07) is 9.11. The average Bonchev–Trinajstić information content (AvgIpc) is 2.61. The van der Waals surface area contributed by atoms with Crippen molar-refractivity contribution in [3.8, 4) is 0 Å². The van der Waals surface area contributed by atoms with E-state index in [0.717, 1.165) is 24.9 Å². The first-order chi connectivity index (χ1) is 12.3. The Bertz CT molecular complexity index is 622. The standard InChI is InChI=1S/C24H38N2.ClH/c1-19(2)18-25-14-16-26(17-15-25)23-9-7-6-8-22(23)20-10-12-21(13-11-20)24(3,4)5;/h6-10,19,21H,11-18H2,1-5H3;1H. The van der Waals surface area contributed by atoms with Gasteiger partial charge in [-0.1, -0.05) is 58.9 Å². The maximum absolute atomic E-state index is 2.62. The molecule has 0 amide bonds. The first-order valence-electron chi connectivity index (χ1n) is 10.6. The van der Waals surface area contributed by atoms with E-state index in [1.54, 1.807) is 5.57 Å². The fraction of sp³-hybridized carbons (Fsp3) is 0.667. The van der Waals surface area contributed by atoms with Crippen LogP contribution in [0.15, 0.2) is 30.3 Å². The van der Waals surface area contributed by atoms with Crippen molar-refractivity contribution in [2.24, 2.45) is 17.3 Å². The lowest BCUT2D eigenvalue weighted by atomic mass is 9.72. The number of anilines is 1. The Morgan fingerprint density at radius 3 is 2.26 bits per heavy atom. The number of nitrogens with zero attached hydrogens (tertiary/aromatic N) is 2. The molecular formula is C24H39ClN2. The second-order valence-corrected chi connectivity index (χ2v) is 9.77. The molecule has 0 bridgehead atoms. The normalized spacial score (nSPS) is 21.8. The molecule has 0 saturated carbocycles. The fourth-order valence-electron chi connectivity index (χ4n) is 4.57. The van der Waals surface area contributed by atoms with Crippen LogP contribution in [0.2, 0.25) is 0 Å². The smallest absolute Gasteiger partial charge is 0.0443 e. The fourth-order valence-corrected chi connectivity index (χ4v) is 4.57. The minimum Gasteiger partial charge on any atom is -0.368 e. The van der Waals surface area contributed by atoms with E-state index in [4.69, 9.17) is 0 Å². The number of piperazine rings is 1. The van der Waals surface area contributed by atoms with Crippen molar-refractivity contribution in [2.75, 3.05) is 37.6 Å². The quantitative estimate of drug-likeness (QED) is 0.611. The van der Waals surface area contributed by atoms with Crippen LogP contribution in [0.3, 0.4) is 0 Å². The Morgan fingerprint density at radius 1 is 1.04 bits per heavy atom. The number of hydrogen-bond donors (Lipinski definition) is 0. The Labute approximate surface area is 173 Å². The summed E-state index contributed by atoms with van der Waals surface area (Å²) < 4.78 is 0. The Kier molecular flexibility index (Phi) is 7.83. The van der Waals surface area contributed by atoms with E-state index >= 15 is 0 Å². The van der Waals surface area contributed by atoms with Crippen LogP contribution in [0.25, 0.3) is 5.57 Å². The molecule has 1 aliphatic carbocycles. The van der Waals surface area contributed by atoms with Crippen molar-refractivity contribution < 1.29 is 0 Å². The lowest BCUT2D eigenvalue weighted by Crippen LogP contribution is -2.47. The summed E-state index contributed by atoms with van der Waals surface area (Å²) >= 11 is 0. The lowest BCUT2D eigenvalue weighted by molar-refractivity contribution is 0.225. The van der Waals surface area contributed by atoms with Crippen molar-refractivity contribution in [3.63, 3.8) is 0 Å². The molecule has 152 valence electrons. The number of para-hydroxylation sites is 1. The van der Waals surface area contributed by atoms with E-state index in [1.807, 2.05) is 0 Å². The third kappa shape index (κ3) is 5.74. The summed E-state index contributed by atoms with van der Waals surface area (Å²) in [5.74, 6) is 1.58.